The number of rotatable bonds is 1. The summed E-state index contributed by atoms with van der Waals surface area (Å²) in [6.07, 6.45) is 5.68. The number of hydrogen-bond acceptors (Lipinski definition) is 5. The van der Waals surface area contributed by atoms with Gasteiger partial charge in [-0.15, -0.1) is 0 Å². The molecule has 6 atom stereocenters. The fourth-order valence-corrected chi connectivity index (χ4v) is 3.83. The van der Waals surface area contributed by atoms with Crippen molar-refractivity contribution in [3.05, 3.63) is 23.8 Å². The van der Waals surface area contributed by atoms with Gasteiger partial charge in [-0.25, -0.2) is 4.79 Å². The minimum absolute atomic E-state index is 0.0466. The fraction of sp³-hybridized carbons (Fsp3) is 0.643. The van der Waals surface area contributed by atoms with E-state index in [9.17, 15) is 4.79 Å². The average molecular weight is 264 g/mol. The van der Waals surface area contributed by atoms with E-state index in [2.05, 4.69) is 6.08 Å². The summed E-state index contributed by atoms with van der Waals surface area (Å²) in [6.45, 7) is 1.83. The zero-order valence-corrected chi connectivity index (χ0v) is 10.9. The zero-order valence-electron chi connectivity index (χ0n) is 10.9. The number of methoxy groups -OCH3 is 1. The van der Waals surface area contributed by atoms with Gasteiger partial charge in [0, 0.05) is 13.5 Å². The van der Waals surface area contributed by atoms with Gasteiger partial charge in [-0.3, -0.25) is 0 Å². The van der Waals surface area contributed by atoms with Crippen LogP contribution in [0.3, 0.4) is 0 Å². The molecule has 3 fully saturated rings. The SMILES string of the molecule is C/C=C1/C(=O)O[C@]23C=C[C@@H]4C[C@@H](OC)O[C@H](O[C@H]12)[C@@H]43. The molecule has 5 nitrogen and oxygen atoms in total. The molecule has 0 aromatic carbocycles. The Morgan fingerprint density at radius 2 is 2.32 bits per heavy atom. The Morgan fingerprint density at radius 3 is 3.05 bits per heavy atom. The van der Waals surface area contributed by atoms with Crippen molar-refractivity contribution in [2.75, 3.05) is 7.11 Å². The maximum Gasteiger partial charge on any atom is 0.337 e. The molecule has 102 valence electrons. The molecule has 0 N–H and O–H groups in total. The van der Waals surface area contributed by atoms with Gasteiger partial charge in [-0.05, 0) is 18.9 Å². The van der Waals surface area contributed by atoms with Gasteiger partial charge in [0.15, 0.2) is 18.2 Å². The van der Waals surface area contributed by atoms with Gasteiger partial charge in [-0.1, -0.05) is 12.2 Å². The van der Waals surface area contributed by atoms with Crippen LogP contribution in [0.5, 0.6) is 0 Å². The van der Waals surface area contributed by atoms with E-state index in [1.54, 1.807) is 13.2 Å². The summed E-state index contributed by atoms with van der Waals surface area (Å²) >= 11 is 0. The predicted molar refractivity (Wildman–Crippen MR) is 63.9 cm³/mol. The molecule has 4 aliphatic rings. The van der Waals surface area contributed by atoms with Crippen molar-refractivity contribution in [2.45, 2.75) is 37.6 Å². The fourth-order valence-electron chi connectivity index (χ4n) is 3.83. The summed E-state index contributed by atoms with van der Waals surface area (Å²) in [4.78, 5) is 11.9. The van der Waals surface area contributed by atoms with Gasteiger partial charge < -0.3 is 18.9 Å². The van der Waals surface area contributed by atoms with Crippen LogP contribution in [0.2, 0.25) is 0 Å². The van der Waals surface area contributed by atoms with Crippen LogP contribution in [0.15, 0.2) is 23.8 Å². The highest BCUT2D eigenvalue weighted by Gasteiger charge is 2.69. The third-order valence-corrected chi connectivity index (χ3v) is 4.67. The lowest BCUT2D eigenvalue weighted by Gasteiger charge is -2.36. The summed E-state index contributed by atoms with van der Waals surface area (Å²) < 4.78 is 22.7. The van der Waals surface area contributed by atoms with Gasteiger partial charge in [0.2, 0.25) is 0 Å². The van der Waals surface area contributed by atoms with Crippen molar-refractivity contribution in [3.63, 3.8) is 0 Å². The van der Waals surface area contributed by atoms with Gasteiger partial charge in [0.1, 0.15) is 6.10 Å². The Morgan fingerprint density at radius 1 is 1.47 bits per heavy atom. The molecule has 1 spiro atoms. The lowest BCUT2D eigenvalue weighted by Crippen LogP contribution is -2.46. The number of hydrogen-bond donors (Lipinski definition) is 0. The van der Waals surface area contributed by atoms with E-state index < -0.39 is 5.60 Å². The van der Waals surface area contributed by atoms with Crippen LogP contribution in [0, 0.1) is 11.8 Å². The molecular weight excluding hydrogens is 248 g/mol. The van der Waals surface area contributed by atoms with E-state index in [0.717, 1.165) is 6.42 Å². The lowest BCUT2D eigenvalue weighted by atomic mass is 9.80. The van der Waals surface area contributed by atoms with Crippen LogP contribution in [-0.4, -0.2) is 37.4 Å². The van der Waals surface area contributed by atoms with Crippen molar-refractivity contribution in [2.24, 2.45) is 11.8 Å². The van der Waals surface area contributed by atoms with E-state index >= 15 is 0 Å². The largest absolute Gasteiger partial charge is 0.448 e. The highest BCUT2D eigenvalue weighted by atomic mass is 16.8. The molecule has 4 rings (SSSR count). The molecule has 3 aliphatic heterocycles. The van der Waals surface area contributed by atoms with Crippen molar-refractivity contribution in [1.29, 1.82) is 0 Å². The van der Waals surface area contributed by atoms with Gasteiger partial charge in [0.25, 0.3) is 0 Å². The number of carbonyl (C=O) groups is 1. The van der Waals surface area contributed by atoms with Crippen molar-refractivity contribution >= 4 is 5.97 Å². The average Bonchev–Trinajstić information content (AvgIpc) is 2.99. The third kappa shape index (κ3) is 1.28. The molecule has 0 radical (unpaired) electrons. The first-order valence-corrected chi connectivity index (χ1v) is 6.62. The maximum atomic E-state index is 11.9. The van der Waals surface area contributed by atoms with Crippen molar-refractivity contribution in [3.8, 4) is 0 Å². The normalized spacial score (nSPS) is 52.4. The Kier molecular flexibility index (Phi) is 2.26. The van der Waals surface area contributed by atoms with Crippen LogP contribution < -0.4 is 0 Å². The molecule has 0 bridgehead atoms. The van der Waals surface area contributed by atoms with Crippen LogP contribution in [0.25, 0.3) is 0 Å². The van der Waals surface area contributed by atoms with Gasteiger partial charge in [0.05, 0.1) is 11.5 Å². The number of carbonyl (C=O) groups excluding carboxylic acids is 1. The standard InChI is InChI=1S/C14H16O5/c1-3-8-11-14(19-12(8)15)5-4-7-6-9(16-2)17-13(18-11)10(7)14/h3-5,7,9-11,13H,6H2,1-2H3/b8-3+/t7-,9+,10-,11-,13-,14+/m1/s1. The zero-order chi connectivity index (χ0) is 13.2. The monoisotopic (exact) mass is 264 g/mol. The highest BCUT2D eigenvalue weighted by molar-refractivity contribution is 5.93. The summed E-state index contributed by atoms with van der Waals surface area (Å²) in [6, 6.07) is 0. The van der Waals surface area contributed by atoms with E-state index in [1.165, 1.54) is 0 Å². The predicted octanol–water partition coefficient (Wildman–Crippen LogP) is 1.15. The maximum absolute atomic E-state index is 11.9. The molecule has 5 heteroatoms. The second-order valence-corrected chi connectivity index (χ2v) is 5.46. The molecule has 1 aliphatic carbocycles. The topological polar surface area (TPSA) is 54.0 Å². The molecule has 0 aromatic rings. The van der Waals surface area contributed by atoms with E-state index in [-0.39, 0.29) is 36.5 Å². The van der Waals surface area contributed by atoms with Crippen LogP contribution in [-0.2, 0) is 23.7 Å². The Balaban J connectivity index is 1.75. The highest BCUT2D eigenvalue weighted by Crippen LogP contribution is 2.57. The Bertz CT molecular complexity index is 496. The molecular formula is C14H16O5. The van der Waals surface area contributed by atoms with E-state index in [0.29, 0.717) is 5.57 Å². The second-order valence-electron chi connectivity index (χ2n) is 5.46. The Hall–Kier alpha value is -1.17. The number of ether oxygens (including phenoxy) is 4. The van der Waals surface area contributed by atoms with Crippen LogP contribution in [0.1, 0.15) is 13.3 Å². The van der Waals surface area contributed by atoms with Crippen LogP contribution >= 0.6 is 0 Å². The first-order chi connectivity index (χ1) is 9.19. The quantitative estimate of drug-likeness (QED) is 0.404. The van der Waals surface area contributed by atoms with Crippen molar-refractivity contribution < 1.29 is 23.7 Å². The summed E-state index contributed by atoms with van der Waals surface area (Å²) in [5.41, 5.74) is -0.0651. The minimum atomic E-state index is -0.660. The van der Waals surface area contributed by atoms with Crippen LogP contribution in [0.4, 0.5) is 0 Å². The first kappa shape index (κ1) is 11.6. The molecule has 0 aromatic heterocycles. The van der Waals surface area contributed by atoms with E-state index in [1.807, 2.05) is 13.0 Å². The second kappa shape index (κ2) is 3.69. The smallest absolute Gasteiger partial charge is 0.337 e. The molecule has 0 amide bonds. The molecule has 3 saturated heterocycles. The molecule has 19 heavy (non-hydrogen) atoms. The number of esters is 1. The summed E-state index contributed by atoms with van der Waals surface area (Å²) in [5, 5.41) is 0. The molecule has 0 unspecified atom stereocenters. The third-order valence-electron chi connectivity index (χ3n) is 4.67. The molecule has 3 heterocycles. The summed E-state index contributed by atoms with van der Waals surface area (Å²) in [5.74, 6) is 0.0492. The lowest BCUT2D eigenvalue weighted by molar-refractivity contribution is -0.271. The molecule has 0 saturated carbocycles. The van der Waals surface area contributed by atoms with Gasteiger partial charge in [-0.2, -0.15) is 0 Å². The first-order valence-electron chi connectivity index (χ1n) is 6.62. The number of allylic oxidation sites excluding steroid dienone is 2. The minimum Gasteiger partial charge on any atom is -0.448 e. The van der Waals surface area contributed by atoms with E-state index in [4.69, 9.17) is 18.9 Å². The Labute approximate surface area is 111 Å². The van der Waals surface area contributed by atoms with Crippen molar-refractivity contribution in [1.82, 2.24) is 0 Å². The summed E-state index contributed by atoms with van der Waals surface area (Å²) in [7, 11) is 1.63. The van der Waals surface area contributed by atoms with Gasteiger partial charge >= 0.3 is 5.97 Å².